The van der Waals surface area contributed by atoms with E-state index < -0.39 is 5.97 Å². The summed E-state index contributed by atoms with van der Waals surface area (Å²) in [6.07, 6.45) is 1.44. The van der Waals surface area contributed by atoms with Gasteiger partial charge in [-0.25, -0.2) is 14.8 Å². The number of hydrogen-bond acceptors (Lipinski definition) is 5. The zero-order valence-electron chi connectivity index (χ0n) is 11.3. The van der Waals surface area contributed by atoms with Crippen molar-refractivity contribution in [3.8, 4) is 0 Å². The van der Waals surface area contributed by atoms with Crippen LogP contribution in [-0.2, 0) is 6.54 Å². The predicted molar refractivity (Wildman–Crippen MR) is 82.9 cm³/mol. The molecule has 0 saturated heterocycles. The van der Waals surface area contributed by atoms with E-state index in [9.17, 15) is 4.79 Å². The Morgan fingerprint density at radius 1 is 1.29 bits per heavy atom. The minimum atomic E-state index is -0.959. The third-order valence-corrected chi connectivity index (χ3v) is 4.11. The molecule has 2 N–H and O–H groups in total. The highest BCUT2D eigenvalue weighted by Crippen LogP contribution is 2.22. The molecule has 0 atom stereocenters. The molecule has 0 fully saturated rings. The van der Waals surface area contributed by atoms with Crippen molar-refractivity contribution in [3.05, 3.63) is 52.0 Å². The lowest BCUT2D eigenvalue weighted by Gasteiger charge is -2.07. The first-order valence-corrected chi connectivity index (χ1v) is 7.22. The maximum atomic E-state index is 11.0. The summed E-state index contributed by atoms with van der Waals surface area (Å²) in [7, 11) is 0. The van der Waals surface area contributed by atoms with Crippen LogP contribution in [0.2, 0.25) is 0 Å². The van der Waals surface area contributed by atoms with Crippen LogP contribution in [-0.4, -0.2) is 21.0 Å². The fourth-order valence-corrected chi connectivity index (χ4v) is 2.91. The molecule has 21 heavy (non-hydrogen) atoms. The molecule has 0 aliphatic carbocycles. The first-order chi connectivity index (χ1) is 10.1. The van der Waals surface area contributed by atoms with Crippen LogP contribution < -0.4 is 5.32 Å². The summed E-state index contributed by atoms with van der Waals surface area (Å²) >= 11 is 1.74. The maximum Gasteiger partial charge on any atom is 0.335 e. The number of nitrogens with zero attached hydrogens (tertiary/aromatic N) is 2. The number of benzene rings is 1. The van der Waals surface area contributed by atoms with Crippen LogP contribution in [0.4, 0.5) is 5.82 Å². The lowest BCUT2D eigenvalue weighted by Crippen LogP contribution is -2.02. The number of thiophene rings is 1. The molecule has 3 aromatic rings. The SMILES string of the molecule is Cc1ccc(CNc2ncnc3cc(C(=O)O)ccc23)s1. The van der Waals surface area contributed by atoms with E-state index in [0.717, 1.165) is 5.39 Å². The van der Waals surface area contributed by atoms with Gasteiger partial charge in [0.25, 0.3) is 0 Å². The van der Waals surface area contributed by atoms with Crippen molar-refractivity contribution in [1.29, 1.82) is 0 Å². The van der Waals surface area contributed by atoms with Crippen molar-refractivity contribution in [2.45, 2.75) is 13.5 Å². The predicted octanol–water partition coefficient (Wildman–Crippen LogP) is 3.31. The van der Waals surface area contributed by atoms with Gasteiger partial charge in [0, 0.05) is 15.1 Å². The molecule has 0 unspecified atom stereocenters. The molecular weight excluding hydrogens is 286 g/mol. The molecule has 0 aliphatic heterocycles. The number of rotatable bonds is 4. The van der Waals surface area contributed by atoms with Gasteiger partial charge in [-0.15, -0.1) is 11.3 Å². The van der Waals surface area contributed by atoms with Gasteiger partial charge in [0.15, 0.2) is 0 Å². The standard InChI is InChI=1S/C15H13N3O2S/c1-9-2-4-11(21-9)7-16-14-12-5-3-10(15(19)20)6-13(12)17-8-18-14/h2-6,8H,7H2,1H3,(H,19,20)(H,16,17,18). The van der Waals surface area contributed by atoms with Crippen molar-refractivity contribution in [2.75, 3.05) is 5.32 Å². The molecule has 0 spiro atoms. The van der Waals surface area contributed by atoms with Gasteiger partial charge in [-0.1, -0.05) is 0 Å². The smallest absolute Gasteiger partial charge is 0.335 e. The topological polar surface area (TPSA) is 75.1 Å². The largest absolute Gasteiger partial charge is 0.478 e. The van der Waals surface area contributed by atoms with Gasteiger partial charge < -0.3 is 10.4 Å². The monoisotopic (exact) mass is 299 g/mol. The Hall–Kier alpha value is -2.47. The molecule has 1 aromatic carbocycles. The van der Waals surface area contributed by atoms with Crippen molar-refractivity contribution >= 4 is 34.0 Å². The van der Waals surface area contributed by atoms with E-state index in [0.29, 0.717) is 17.9 Å². The highest BCUT2D eigenvalue weighted by molar-refractivity contribution is 7.11. The van der Waals surface area contributed by atoms with E-state index in [1.807, 2.05) is 0 Å². The second-order valence-corrected chi connectivity index (χ2v) is 6.00. The van der Waals surface area contributed by atoms with Gasteiger partial charge in [0.2, 0.25) is 0 Å². The lowest BCUT2D eigenvalue weighted by molar-refractivity contribution is 0.0697. The van der Waals surface area contributed by atoms with Crippen LogP contribution in [0.25, 0.3) is 10.9 Å². The van der Waals surface area contributed by atoms with Crippen molar-refractivity contribution in [3.63, 3.8) is 0 Å². The number of hydrogen-bond donors (Lipinski definition) is 2. The van der Waals surface area contributed by atoms with E-state index in [1.54, 1.807) is 29.5 Å². The van der Waals surface area contributed by atoms with Crippen LogP contribution >= 0.6 is 11.3 Å². The number of nitrogens with one attached hydrogen (secondary N) is 1. The summed E-state index contributed by atoms with van der Waals surface area (Å²) in [4.78, 5) is 21.8. The Bertz CT molecular complexity index is 814. The molecule has 0 saturated carbocycles. The molecule has 0 amide bonds. The van der Waals surface area contributed by atoms with Gasteiger partial charge in [0.05, 0.1) is 17.6 Å². The Balaban J connectivity index is 1.90. The zero-order valence-corrected chi connectivity index (χ0v) is 12.1. The zero-order chi connectivity index (χ0) is 14.8. The highest BCUT2D eigenvalue weighted by Gasteiger charge is 2.08. The van der Waals surface area contributed by atoms with Crippen molar-refractivity contribution in [1.82, 2.24) is 9.97 Å². The molecule has 0 radical (unpaired) electrons. The molecule has 2 aromatic heterocycles. The lowest BCUT2D eigenvalue weighted by atomic mass is 10.1. The van der Waals surface area contributed by atoms with Gasteiger partial charge in [-0.05, 0) is 37.3 Å². The highest BCUT2D eigenvalue weighted by atomic mass is 32.1. The Morgan fingerprint density at radius 3 is 2.86 bits per heavy atom. The quantitative estimate of drug-likeness (QED) is 0.773. The summed E-state index contributed by atoms with van der Waals surface area (Å²) in [6.45, 7) is 2.76. The van der Waals surface area contributed by atoms with E-state index >= 15 is 0 Å². The average molecular weight is 299 g/mol. The van der Waals surface area contributed by atoms with Crippen LogP contribution in [0.1, 0.15) is 20.1 Å². The van der Waals surface area contributed by atoms with Crippen LogP contribution in [0, 0.1) is 6.92 Å². The molecule has 3 rings (SSSR count). The van der Waals surface area contributed by atoms with Gasteiger partial charge in [0.1, 0.15) is 12.1 Å². The number of carboxylic acids is 1. The second-order valence-electron chi connectivity index (χ2n) is 4.63. The number of carbonyl (C=O) groups is 1. The molecule has 0 bridgehead atoms. The average Bonchev–Trinajstić information content (AvgIpc) is 2.90. The summed E-state index contributed by atoms with van der Waals surface area (Å²) in [5, 5.41) is 13.1. The summed E-state index contributed by atoms with van der Waals surface area (Å²) < 4.78 is 0. The summed E-state index contributed by atoms with van der Waals surface area (Å²) in [6, 6.07) is 9.02. The van der Waals surface area contributed by atoms with E-state index in [1.165, 1.54) is 16.1 Å². The molecule has 6 heteroatoms. The molecule has 2 heterocycles. The number of fused-ring (bicyclic) bond motifs is 1. The third kappa shape index (κ3) is 2.85. The van der Waals surface area contributed by atoms with E-state index in [-0.39, 0.29) is 5.56 Å². The minimum Gasteiger partial charge on any atom is -0.478 e. The van der Waals surface area contributed by atoms with Crippen molar-refractivity contribution in [2.24, 2.45) is 0 Å². The number of carboxylic acid groups (broad SMARTS) is 1. The van der Waals surface area contributed by atoms with Crippen LogP contribution in [0.3, 0.4) is 0 Å². The molecule has 0 aliphatic rings. The fourth-order valence-electron chi connectivity index (χ4n) is 2.08. The van der Waals surface area contributed by atoms with Crippen LogP contribution in [0.5, 0.6) is 0 Å². The van der Waals surface area contributed by atoms with E-state index in [4.69, 9.17) is 5.11 Å². The van der Waals surface area contributed by atoms with E-state index in [2.05, 4.69) is 34.3 Å². The van der Waals surface area contributed by atoms with Crippen LogP contribution in [0.15, 0.2) is 36.7 Å². The number of aromatic carboxylic acids is 1. The number of aryl methyl sites for hydroxylation is 1. The first kappa shape index (κ1) is 13.5. The molecule has 106 valence electrons. The molecular formula is C15H13N3O2S. The molecule has 5 nitrogen and oxygen atoms in total. The fraction of sp³-hybridized carbons (Fsp3) is 0.133. The number of anilines is 1. The normalized spacial score (nSPS) is 10.7. The first-order valence-electron chi connectivity index (χ1n) is 6.41. The Kier molecular flexibility index (Phi) is 3.53. The van der Waals surface area contributed by atoms with Gasteiger partial charge >= 0.3 is 5.97 Å². The summed E-state index contributed by atoms with van der Waals surface area (Å²) in [5.41, 5.74) is 0.843. The van der Waals surface area contributed by atoms with Gasteiger partial charge in [-0.2, -0.15) is 0 Å². The van der Waals surface area contributed by atoms with Crippen molar-refractivity contribution < 1.29 is 9.90 Å². The van der Waals surface area contributed by atoms with Gasteiger partial charge in [-0.3, -0.25) is 0 Å². The third-order valence-electron chi connectivity index (χ3n) is 3.11. The Labute approximate surface area is 125 Å². The minimum absolute atomic E-state index is 0.223. The Morgan fingerprint density at radius 2 is 2.14 bits per heavy atom. The maximum absolute atomic E-state index is 11.0. The summed E-state index contributed by atoms with van der Waals surface area (Å²) in [5.74, 6) is -0.248. The second kappa shape index (κ2) is 5.49. The number of aromatic nitrogens is 2.